The lowest BCUT2D eigenvalue weighted by Crippen LogP contribution is -2.23. The lowest BCUT2D eigenvalue weighted by Gasteiger charge is -2.20. The summed E-state index contributed by atoms with van der Waals surface area (Å²) in [4.78, 5) is 9.39. The summed E-state index contributed by atoms with van der Waals surface area (Å²) in [6, 6.07) is 42.5. The van der Waals surface area contributed by atoms with E-state index in [9.17, 15) is 0 Å². The molecule has 0 bridgehead atoms. The number of hydrogen-bond acceptors (Lipinski definition) is 5. The highest BCUT2D eigenvalue weighted by atomic mass is 32.1. The van der Waals surface area contributed by atoms with Crippen LogP contribution in [0.15, 0.2) is 128 Å². The number of fused-ring (bicyclic) bond motifs is 8. The van der Waals surface area contributed by atoms with E-state index < -0.39 is 0 Å². The second-order valence-electron chi connectivity index (χ2n) is 11.0. The summed E-state index contributed by atoms with van der Waals surface area (Å²) in [6.07, 6.45) is 1.86. The second-order valence-corrected chi connectivity index (χ2v) is 12.1. The lowest BCUT2D eigenvalue weighted by molar-refractivity contribution is 0.483. The highest BCUT2D eigenvalue weighted by Gasteiger charge is 2.24. The van der Waals surface area contributed by atoms with E-state index in [4.69, 9.17) is 9.72 Å². The van der Waals surface area contributed by atoms with E-state index in [1.54, 1.807) is 0 Å². The number of anilines is 3. The quantitative estimate of drug-likeness (QED) is 0.209. The van der Waals surface area contributed by atoms with E-state index in [1.165, 1.54) is 47.8 Å². The zero-order valence-electron chi connectivity index (χ0n) is 23.4. The van der Waals surface area contributed by atoms with E-state index >= 15 is 0 Å². The van der Waals surface area contributed by atoms with Gasteiger partial charge >= 0.3 is 0 Å². The molecule has 1 aliphatic rings. The molecule has 5 aromatic carbocycles. The van der Waals surface area contributed by atoms with Crippen molar-refractivity contribution in [3.8, 4) is 17.3 Å². The SMILES string of the molecule is CN1CN(c2cccc(Oc3ccc4c5ccc6sc7ccccc7c6c5n(-c5ccccn5)c4c3)c2)c2ccccc21. The molecule has 1 aliphatic heterocycles. The number of benzene rings is 5. The van der Waals surface area contributed by atoms with E-state index in [0.717, 1.165) is 35.2 Å². The lowest BCUT2D eigenvalue weighted by atomic mass is 10.1. The molecule has 0 saturated carbocycles. The predicted octanol–water partition coefficient (Wildman–Crippen LogP) is 9.88. The molecule has 9 rings (SSSR count). The Morgan fingerprint density at radius 2 is 1.49 bits per heavy atom. The Labute approximate surface area is 252 Å². The van der Waals surface area contributed by atoms with Crippen LogP contribution >= 0.6 is 11.3 Å². The van der Waals surface area contributed by atoms with Crippen LogP contribution < -0.4 is 14.5 Å². The van der Waals surface area contributed by atoms with Crippen LogP contribution in [0.1, 0.15) is 0 Å². The maximum Gasteiger partial charge on any atom is 0.137 e. The van der Waals surface area contributed by atoms with Crippen molar-refractivity contribution in [1.29, 1.82) is 0 Å². The summed E-state index contributed by atoms with van der Waals surface area (Å²) in [5, 5.41) is 4.93. The van der Waals surface area contributed by atoms with Crippen molar-refractivity contribution in [2.45, 2.75) is 0 Å². The van der Waals surface area contributed by atoms with Crippen LogP contribution in [0, 0.1) is 0 Å². The van der Waals surface area contributed by atoms with Gasteiger partial charge in [0.25, 0.3) is 0 Å². The van der Waals surface area contributed by atoms with Crippen molar-refractivity contribution in [1.82, 2.24) is 9.55 Å². The largest absolute Gasteiger partial charge is 0.457 e. The Balaban J connectivity index is 1.20. The minimum Gasteiger partial charge on any atom is -0.457 e. The molecule has 0 radical (unpaired) electrons. The van der Waals surface area contributed by atoms with E-state index in [0.29, 0.717) is 0 Å². The smallest absolute Gasteiger partial charge is 0.137 e. The van der Waals surface area contributed by atoms with Crippen molar-refractivity contribution in [3.05, 3.63) is 128 Å². The highest BCUT2D eigenvalue weighted by Crippen LogP contribution is 2.44. The van der Waals surface area contributed by atoms with Gasteiger partial charge in [0.15, 0.2) is 0 Å². The van der Waals surface area contributed by atoms with Crippen molar-refractivity contribution in [2.24, 2.45) is 0 Å². The maximum absolute atomic E-state index is 6.56. The molecule has 0 aliphatic carbocycles. The standard InChI is InChI=1S/C37H26N4OS/c1-39-23-40(31-13-4-3-12-30(31)39)24-9-8-10-25(21-24)42-26-16-17-27-28-18-19-34-36(29-11-2-5-14-33(29)43-34)37(28)41(32(27)22-26)35-15-6-7-20-38-35/h2-22H,23H2,1H3. The summed E-state index contributed by atoms with van der Waals surface area (Å²) >= 11 is 1.84. The third-order valence-corrected chi connectivity index (χ3v) is 9.56. The number of pyridine rings is 1. The van der Waals surface area contributed by atoms with Crippen LogP contribution in [-0.4, -0.2) is 23.3 Å². The molecule has 0 atom stereocenters. The minimum absolute atomic E-state index is 0.787. The Morgan fingerprint density at radius 1 is 0.674 bits per heavy atom. The predicted molar refractivity (Wildman–Crippen MR) is 180 cm³/mol. The van der Waals surface area contributed by atoms with Crippen LogP contribution in [0.25, 0.3) is 47.8 Å². The summed E-state index contributed by atoms with van der Waals surface area (Å²) < 4.78 is 11.4. The van der Waals surface area contributed by atoms with E-state index in [2.05, 4.69) is 125 Å². The maximum atomic E-state index is 6.56. The number of hydrogen-bond donors (Lipinski definition) is 0. The molecule has 43 heavy (non-hydrogen) atoms. The molecule has 0 saturated heterocycles. The molecule has 0 amide bonds. The zero-order valence-corrected chi connectivity index (χ0v) is 24.3. The van der Waals surface area contributed by atoms with E-state index in [1.807, 2.05) is 35.7 Å². The van der Waals surface area contributed by atoms with Gasteiger partial charge in [0.1, 0.15) is 17.3 Å². The third kappa shape index (κ3) is 3.73. The van der Waals surface area contributed by atoms with E-state index in [-0.39, 0.29) is 0 Å². The average molecular weight is 575 g/mol. The molecule has 4 heterocycles. The molecule has 6 heteroatoms. The van der Waals surface area contributed by atoms with Crippen molar-refractivity contribution < 1.29 is 4.74 Å². The Bertz CT molecular complexity index is 2340. The number of aromatic nitrogens is 2. The number of para-hydroxylation sites is 2. The van der Waals surface area contributed by atoms with Gasteiger partial charge in [0.05, 0.1) is 29.1 Å². The minimum atomic E-state index is 0.787. The van der Waals surface area contributed by atoms with Gasteiger partial charge in [-0.05, 0) is 60.7 Å². The second kappa shape index (κ2) is 9.34. The molecule has 3 aromatic heterocycles. The number of nitrogens with zero attached hydrogens (tertiary/aromatic N) is 4. The van der Waals surface area contributed by atoms with Gasteiger partial charge in [-0.1, -0.05) is 48.5 Å². The van der Waals surface area contributed by atoms with Crippen molar-refractivity contribution >= 4 is 70.4 Å². The molecule has 8 aromatic rings. The average Bonchev–Trinajstić information content (AvgIpc) is 3.70. The molecular formula is C37H26N4OS. The molecule has 0 N–H and O–H groups in total. The molecule has 0 spiro atoms. The topological polar surface area (TPSA) is 33.5 Å². The molecule has 0 unspecified atom stereocenters. The van der Waals surface area contributed by atoms with Crippen molar-refractivity contribution in [2.75, 3.05) is 23.5 Å². The molecule has 206 valence electrons. The van der Waals surface area contributed by atoms with Crippen molar-refractivity contribution in [3.63, 3.8) is 0 Å². The number of rotatable bonds is 4. The Hall–Kier alpha value is -5.33. The summed E-state index contributed by atoms with van der Waals surface area (Å²) in [7, 11) is 2.13. The van der Waals surface area contributed by atoms with Crippen LogP contribution in [0.5, 0.6) is 11.5 Å². The van der Waals surface area contributed by atoms with Gasteiger partial charge in [-0.25, -0.2) is 4.98 Å². The molecular weight excluding hydrogens is 549 g/mol. The number of ether oxygens (including phenoxy) is 1. The fourth-order valence-electron chi connectivity index (χ4n) is 6.53. The third-order valence-electron chi connectivity index (χ3n) is 8.42. The fourth-order valence-corrected chi connectivity index (χ4v) is 7.64. The van der Waals surface area contributed by atoms with Gasteiger partial charge in [-0.3, -0.25) is 4.57 Å². The van der Waals surface area contributed by atoms with Crippen LogP contribution in [0.4, 0.5) is 17.1 Å². The summed E-state index contributed by atoms with van der Waals surface area (Å²) in [5.74, 6) is 2.48. The van der Waals surface area contributed by atoms with Gasteiger partial charge in [0, 0.05) is 62.0 Å². The first-order chi connectivity index (χ1) is 21.2. The fraction of sp³-hybridized carbons (Fsp3) is 0.0541. The number of thiophene rings is 1. The summed E-state index contributed by atoms with van der Waals surface area (Å²) in [6.45, 7) is 0.796. The van der Waals surface area contributed by atoms with Gasteiger partial charge in [-0.15, -0.1) is 11.3 Å². The van der Waals surface area contributed by atoms with Gasteiger partial charge < -0.3 is 14.5 Å². The first-order valence-electron chi connectivity index (χ1n) is 14.4. The molecule has 5 nitrogen and oxygen atoms in total. The summed E-state index contributed by atoms with van der Waals surface area (Å²) in [5.41, 5.74) is 5.79. The van der Waals surface area contributed by atoms with Gasteiger partial charge in [0.2, 0.25) is 0 Å². The Kier molecular flexibility index (Phi) is 5.28. The van der Waals surface area contributed by atoms with Crippen LogP contribution in [0.2, 0.25) is 0 Å². The first kappa shape index (κ1) is 24.3. The van der Waals surface area contributed by atoms with Crippen LogP contribution in [0.3, 0.4) is 0 Å². The highest BCUT2D eigenvalue weighted by molar-refractivity contribution is 7.26. The first-order valence-corrected chi connectivity index (χ1v) is 15.2. The Morgan fingerprint density at radius 3 is 2.40 bits per heavy atom. The zero-order chi connectivity index (χ0) is 28.5. The van der Waals surface area contributed by atoms with Gasteiger partial charge in [-0.2, -0.15) is 0 Å². The molecule has 0 fully saturated rings. The normalized spacial score (nSPS) is 13.0. The monoisotopic (exact) mass is 574 g/mol. The van der Waals surface area contributed by atoms with Crippen LogP contribution in [-0.2, 0) is 0 Å².